The number of amides is 1. The van der Waals surface area contributed by atoms with Crippen LogP contribution >= 0.6 is 0 Å². The van der Waals surface area contributed by atoms with Gasteiger partial charge in [-0.15, -0.1) is 0 Å². The Bertz CT molecular complexity index is 1020. The number of carbonyl (C=O) groups excluding carboxylic acids is 1. The summed E-state index contributed by atoms with van der Waals surface area (Å²) in [5.74, 6) is 1.30. The predicted molar refractivity (Wildman–Crippen MR) is 108 cm³/mol. The van der Waals surface area contributed by atoms with Crippen LogP contribution in [0.15, 0.2) is 28.9 Å². The normalized spacial score (nSPS) is 16.8. The zero-order valence-electron chi connectivity index (χ0n) is 17.3. The second-order valence-electron chi connectivity index (χ2n) is 7.66. The lowest BCUT2D eigenvalue weighted by molar-refractivity contribution is 0.0605. The fourth-order valence-electron chi connectivity index (χ4n) is 3.92. The molecule has 1 aliphatic rings. The molecule has 1 fully saturated rings. The van der Waals surface area contributed by atoms with Crippen LogP contribution in [0.4, 0.5) is 0 Å². The van der Waals surface area contributed by atoms with Gasteiger partial charge in [-0.1, -0.05) is 5.16 Å². The summed E-state index contributed by atoms with van der Waals surface area (Å²) in [7, 11) is 0. The van der Waals surface area contributed by atoms with E-state index in [0.717, 1.165) is 47.6 Å². The average molecular weight is 391 g/mol. The third-order valence-electron chi connectivity index (χ3n) is 5.39. The molecule has 0 aliphatic carbocycles. The highest BCUT2D eigenvalue weighted by Crippen LogP contribution is 2.33. The molecular weight excluding hydrogens is 366 g/mol. The molecule has 7 heteroatoms. The Labute approximate surface area is 170 Å². The molecule has 1 amide bonds. The van der Waals surface area contributed by atoms with Crippen molar-refractivity contribution < 1.29 is 9.32 Å². The third-order valence-corrected chi connectivity index (χ3v) is 5.39. The van der Waals surface area contributed by atoms with Crippen LogP contribution in [0.3, 0.4) is 0 Å². The van der Waals surface area contributed by atoms with Gasteiger partial charge in [-0.05, 0) is 65.2 Å². The number of nitrogens with zero attached hydrogens (tertiary/aromatic N) is 5. The molecule has 3 aromatic heterocycles. The van der Waals surface area contributed by atoms with Gasteiger partial charge in [0, 0.05) is 24.1 Å². The highest BCUT2D eigenvalue weighted by atomic mass is 16.5. The van der Waals surface area contributed by atoms with Gasteiger partial charge >= 0.3 is 0 Å². The Hall–Kier alpha value is -3.09. The zero-order chi connectivity index (χ0) is 20.5. The lowest BCUT2D eigenvalue weighted by atomic mass is 9.97. The lowest BCUT2D eigenvalue weighted by Gasteiger charge is -2.35. The Kier molecular flexibility index (Phi) is 5.13. The van der Waals surface area contributed by atoms with E-state index >= 15 is 0 Å². The molecule has 0 unspecified atom stereocenters. The fourth-order valence-corrected chi connectivity index (χ4v) is 3.92. The number of pyridine rings is 1. The SMILES string of the molecule is Cc1ccc(C(=O)N2CCCC[C@@H]2c2cc(C)nc(-c3c(C)noc3C)n2)cn1. The smallest absolute Gasteiger partial charge is 0.255 e. The molecule has 0 N–H and O–H groups in total. The van der Waals surface area contributed by atoms with Crippen molar-refractivity contribution in [2.75, 3.05) is 6.54 Å². The molecule has 0 spiro atoms. The molecule has 4 rings (SSSR count). The van der Waals surface area contributed by atoms with Gasteiger partial charge in [-0.3, -0.25) is 9.78 Å². The number of likely N-dealkylation sites (tertiary alicyclic amines) is 1. The predicted octanol–water partition coefficient (Wildman–Crippen LogP) is 4.13. The Balaban J connectivity index is 1.72. The first-order valence-electron chi connectivity index (χ1n) is 9.96. The number of rotatable bonds is 3. The van der Waals surface area contributed by atoms with E-state index in [1.54, 1.807) is 6.20 Å². The molecule has 3 aromatic rings. The minimum Gasteiger partial charge on any atom is -0.361 e. The molecule has 7 nitrogen and oxygen atoms in total. The minimum absolute atomic E-state index is 0.00245. The van der Waals surface area contributed by atoms with Crippen LogP contribution in [-0.2, 0) is 0 Å². The van der Waals surface area contributed by atoms with Crippen LogP contribution in [0.2, 0.25) is 0 Å². The molecule has 29 heavy (non-hydrogen) atoms. The molecule has 0 aromatic carbocycles. The third kappa shape index (κ3) is 3.77. The topological polar surface area (TPSA) is 85.0 Å². The number of aromatic nitrogens is 4. The molecular formula is C22H25N5O2. The molecule has 0 bridgehead atoms. The fraction of sp³-hybridized carbons (Fsp3) is 0.409. The second kappa shape index (κ2) is 7.73. The maximum absolute atomic E-state index is 13.2. The van der Waals surface area contributed by atoms with E-state index in [9.17, 15) is 4.79 Å². The first-order chi connectivity index (χ1) is 13.9. The first kappa shape index (κ1) is 19.2. The van der Waals surface area contributed by atoms with Gasteiger partial charge in [-0.25, -0.2) is 9.97 Å². The summed E-state index contributed by atoms with van der Waals surface area (Å²) in [6.07, 6.45) is 4.58. The Morgan fingerprint density at radius 2 is 1.93 bits per heavy atom. The van der Waals surface area contributed by atoms with Crippen molar-refractivity contribution in [3.63, 3.8) is 0 Å². The van der Waals surface area contributed by atoms with Crippen LogP contribution in [0.1, 0.15) is 64.2 Å². The first-order valence-corrected chi connectivity index (χ1v) is 9.96. The molecule has 1 saturated heterocycles. The summed E-state index contributed by atoms with van der Waals surface area (Å²) >= 11 is 0. The number of hydrogen-bond donors (Lipinski definition) is 0. The van der Waals surface area contributed by atoms with Crippen molar-refractivity contribution in [3.05, 3.63) is 58.5 Å². The lowest BCUT2D eigenvalue weighted by Crippen LogP contribution is -2.39. The van der Waals surface area contributed by atoms with E-state index in [0.29, 0.717) is 23.7 Å². The monoisotopic (exact) mass is 391 g/mol. The van der Waals surface area contributed by atoms with Gasteiger partial charge in [0.25, 0.3) is 5.91 Å². The maximum atomic E-state index is 13.2. The summed E-state index contributed by atoms with van der Waals surface area (Å²) in [4.78, 5) is 28.9. The average Bonchev–Trinajstić information content (AvgIpc) is 3.05. The van der Waals surface area contributed by atoms with Crippen LogP contribution in [0, 0.1) is 27.7 Å². The number of piperidine rings is 1. The van der Waals surface area contributed by atoms with E-state index in [1.165, 1.54) is 0 Å². The Morgan fingerprint density at radius 1 is 1.10 bits per heavy atom. The Morgan fingerprint density at radius 3 is 2.62 bits per heavy atom. The van der Waals surface area contributed by atoms with Crippen LogP contribution in [-0.4, -0.2) is 37.5 Å². The molecule has 1 atom stereocenters. The molecule has 0 saturated carbocycles. The van der Waals surface area contributed by atoms with Crippen molar-refractivity contribution in [3.8, 4) is 11.4 Å². The minimum atomic E-state index is -0.0847. The van der Waals surface area contributed by atoms with Crippen molar-refractivity contribution >= 4 is 5.91 Å². The second-order valence-corrected chi connectivity index (χ2v) is 7.66. The highest BCUT2D eigenvalue weighted by molar-refractivity contribution is 5.94. The van der Waals surface area contributed by atoms with Gasteiger partial charge < -0.3 is 9.42 Å². The van der Waals surface area contributed by atoms with Crippen LogP contribution < -0.4 is 0 Å². The maximum Gasteiger partial charge on any atom is 0.255 e. The number of carbonyl (C=O) groups is 1. The van der Waals surface area contributed by atoms with Gasteiger partial charge in [0.1, 0.15) is 5.76 Å². The summed E-state index contributed by atoms with van der Waals surface area (Å²) in [5, 5.41) is 4.03. The van der Waals surface area contributed by atoms with E-state index in [-0.39, 0.29) is 11.9 Å². The van der Waals surface area contributed by atoms with E-state index in [2.05, 4.69) is 15.1 Å². The van der Waals surface area contributed by atoms with E-state index in [4.69, 9.17) is 9.51 Å². The molecule has 1 aliphatic heterocycles. The molecule has 150 valence electrons. The van der Waals surface area contributed by atoms with Crippen LogP contribution in [0.5, 0.6) is 0 Å². The summed E-state index contributed by atoms with van der Waals surface area (Å²) in [6, 6.07) is 5.61. The summed E-state index contributed by atoms with van der Waals surface area (Å²) < 4.78 is 5.30. The van der Waals surface area contributed by atoms with Crippen molar-refractivity contribution in [2.45, 2.75) is 53.0 Å². The van der Waals surface area contributed by atoms with Crippen molar-refractivity contribution in [2.24, 2.45) is 0 Å². The van der Waals surface area contributed by atoms with E-state index < -0.39 is 0 Å². The van der Waals surface area contributed by atoms with Crippen LogP contribution in [0.25, 0.3) is 11.4 Å². The molecule has 0 radical (unpaired) electrons. The number of hydrogen-bond acceptors (Lipinski definition) is 6. The van der Waals surface area contributed by atoms with Crippen molar-refractivity contribution in [1.29, 1.82) is 0 Å². The standard InChI is InChI=1S/C22H25N5O2/c1-13-8-9-17(12-23-13)22(28)27-10-6-5-7-19(27)18-11-14(2)24-21(25-18)20-15(3)26-29-16(20)4/h8-9,11-12,19H,5-7,10H2,1-4H3/t19-/m1/s1. The van der Waals surface area contributed by atoms with Gasteiger partial charge in [0.05, 0.1) is 28.6 Å². The summed E-state index contributed by atoms with van der Waals surface area (Å²) in [5.41, 5.74) is 4.82. The van der Waals surface area contributed by atoms with Gasteiger partial charge in [-0.2, -0.15) is 0 Å². The van der Waals surface area contributed by atoms with Crippen molar-refractivity contribution in [1.82, 2.24) is 25.0 Å². The quantitative estimate of drug-likeness (QED) is 0.667. The summed E-state index contributed by atoms with van der Waals surface area (Å²) in [6.45, 7) is 8.32. The zero-order valence-corrected chi connectivity index (χ0v) is 17.3. The number of aryl methyl sites for hydroxylation is 4. The van der Waals surface area contributed by atoms with Gasteiger partial charge in [0.2, 0.25) is 0 Å². The van der Waals surface area contributed by atoms with E-state index in [1.807, 2.05) is 50.8 Å². The highest BCUT2D eigenvalue weighted by Gasteiger charge is 2.31. The van der Waals surface area contributed by atoms with Gasteiger partial charge in [0.15, 0.2) is 5.82 Å². The largest absolute Gasteiger partial charge is 0.361 e. The molecule has 4 heterocycles.